The summed E-state index contributed by atoms with van der Waals surface area (Å²) < 4.78 is 5.69. The number of H-pyrrole nitrogens is 1. The molecule has 0 saturated carbocycles. The number of hydrogen-bond donors (Lipinski definition) is 1. The molecule has 1 aromatic carbocycles. The van der Waals surface area contributed by atoms with E-state index in [1.54, 1.807) is 0 Å². The van der Waals surface area contributed by atoms with E-state index in [1.165, 1.54) is 0 Å². The summed E-state index contributed by atoms with van der Waals surface area (Å²) in [5.74, 6) is 1.21. The van der Waals surface area contributed by atoms with E-state index in [0.717, 1.165) is 12.0 Å². The maximum Gasteiger partial charge on any atom is 0.279 e. The molecule has 2 aromatic rings. The molecule has 0 radical (unpaired) electrons. The van der Waals surface area contributed by atoms with Crippen molar-refractivity contribution in [2.75, 3.05) is 6.61 Å². The summed E-state index contributed by atoms with van der Waals surface area (Å²) in [5.41, 5.74) is 1.42. The Bertz CT molecular complexity index is 721. The number of ether oxygens (including phenoxy) is 1. The van der Waals surface area contributed by atoms with E-state index >= 15 is 0 Å². The zero-order chi connectivity index (χ0) is 13.9. The van der Waals surface area contributed by atoms with E-state index in [2.05, 4.69) is 20.2 Å². The van der Waals surface area contributed by atoms with Crippen molar-refractivity contribution in [3.63, 3.8) is 0 Å². The van der Waals surface area contributed by atoms with E-state index in [0.29, 0.717) is 36.1 Å². The third kappa shape index (κ3) is 2.20. The Kier molecular flexibility index (Phi) is 3.28. The third-order valence-electron chi connectivity index (χ3n) is 2.96. The van der Waals surface area contributed by atoms with Gasteiger partial charge in [0.25, 0.3) is 5.56 Å². The smallest absolute Gasteiger partial charge is 0.279 e. The number of nitrogens with zero attached hydrogens (tertiary/aromatic N) is 3. The molecule has 102 valence electrons. The summed E-state index contributed by atoms with van der Waals surface area (Å²) in [6, 6.07) is 7.52. The Morgan fingerprint density at radius 3 is 3.05 bits per heavy atom. The van der Waals surface area contributed by atoms with Crippen molar-refractivity contribution >= 4 is 5.69 Å². The summed E-state index contributed by atoms with van der Waals surface area (Å²) >= 11 is 0. The lowest BCUT2D eigenvalue weighted by molar-refractivity contribution is 0.318. The molecule has 0 unspecified atom stereocenters. The van der Waals surface area contributed by atoms with E-state index < -0.39 is 0 Å². The lowest BCUT2D eigenvalue weighted by Crippen LogP contribution is -2.10. The average molecular weight is 270 g/mol. The molecule has 0 saturated heterocycles. The molecule has 1 aliphatic heterocycles. The molecule has 3 rings (SSSR count). The van der Waals surface area contributed by atoms with Crippen LogP contribution in [0.15, 0.2) is 39.3 Å². The van der Waals surface area contributed by atoms with Gasteiger partial charge in [-0.2, -0.15) is 5.11 Å². The summed E-state index contributed by atoms with van der Waals surface area (Å²) in [5, 5.41) is 7.62. The SMILES string of the molecule is CCCOc1ccccc1-c1nc2c(c(=O)[nH]1)N=NC2. The van der Waals surface area contributed by atoms with E-state index in [1.807, 2.05) is 31.2 Å². The minimum absolute atomic E-state index is 0.267. The van der Waals surface area contributed by atoms with E-state index in [4.69, 9.17) is 4.74 Å². The van der Waals surface area contributed by atoms with Crippen molar-refractivity contribution < 1.29 is 4.74 Å². The second-order valence-electron chi connectivity index (χ2n) is 4.45. The number of para-hydroxylation sites is 1. The minimum atomic E-state index is -0.267. The molecule has 20 heavy (non-hydrogen) atoms. The first-order valence-corrected chi connectivity index (χ1v) is 6.52. The van der Waals surface area contributed by atoms with Crippen LogP contribution in [-0.4, -0.2) is 16.6 Å². The highest BCUT2D eigenvalue weighted by Crippen LogP contribution is 2.29. The van der Waals surface area contributed by atoms with Gasteiger partial charge in [0, 0.05) is 0 Å². The van der Waals surface area contributed by atoms with Crippen LogP contribution < -0.4 is 10.3 Å². The Labute approximate surface area is 115 Å². The summed E-state index contributed by atoms with van der Waals surface area (Å²) in [6.07, 6.45) is 0.917. The fourth-order valence-electron chi connectivity index (χ4n) is 2.03. The van der Waals surface area contributed by atoms with Gasteiger partial charge in [-0.05, 0) is 18.6 Å². The molecule has 6 nitrogen and oxygen atoms in total. The van der Waals surface area contributed by atoms with Gasteiger partial charge in [0.1, 0.15) is 18.1 Å². The highest BCUT2D eigenvalue weighted by atomic mass is 16.5. The van der Waals surface area contributed by atoms with Gasteiger partial charge >= 0.3 is 0 Å². The predicted molar refractivity (Wildman–Crippen MR) is 74.3 cm³/mol. The zero-order valence-corrected chi connectivity index (χ0v) is 11.1. The van der Waals surface area contributed by atoms with Crippen LogP contribution in [0.5, 0.6) is 5.75 Å². The van der Waals surface area contributed by atoms with Gasteiger partial charge in [0.05, 0.1) is 17.9 Å². The number of fused-ring (bicyclic) bond motifs is 1. The molecule has 0 fully saturated rings. The molecule has 1 aliphatic rings. The Hall–Kier alpha value is -2.50. The molecule has 0 spiro atoms. The van der Waals surface area contributed by atoms with Crippen LogP contribution in [0.1, 0.15) is 19.0 Å². The lowest BCUT2D eigenvalue weighted by atomic mass is 10.2. The first kappa shape index (κ1) is 12.5. The lowest BCUT2D eigenvalue weighted by Gasteiger charge is -2.10. The monoisotopic (exact) mass is 270 g/mol. The molecular weight excluding hydrogens is 256 g/mol. The van der Waals surface area contributed by atoms with E-state index in [9.17, 15) is 4.79 Å². The maximum atomic E-state index is 11.9. The summed E-state index contributed by atoms with van der Waals surface area (Å²) in [7, 11) is 0. The van der Waals surface area contributed by atoms with Crippen LogP contribution >= 0.6 is 0 Å². The summed E-state index contributed by atoms with van der Waals surface area (Å²) in [6.45, 7) is 3.02. The molecule has 1 N–H and O–H groups in total. The molecule has 0 bridgehead atoms. The molecule has 1 aromatic heterocycles. The largest absolute Gasteiger partial charge is 0.493 e. The Morgan fingerprint density at radius 2 is 2.20 bits per heavy atom. The van der Waals surface area contributed by atoms with Crippen molar-refractivity contribution in [1.29, 1.82) is 0 Å². The number of benzene rings is 1. The molecule has 0 atom stereocenters. The van der Waals surface area contributed by atoms with Gasteiger partial charge < -0.3 is 9.72 Å². The molecule has 6 heteroatoms. The van der Waals surface area contributed by atoms with Gasteiger partial charge in [-0.3, -0.25) is 4.79 Å². The van der Waals surface area contributed by atoms with Crippen LogP contribution in [0.4, 0.5) is 5.69 Å². The Morgan fingerprint density at radius 1 is 1.35 bits per heavy atom. The third-order valence-corrected chi connectivity index (χ3v) is 2.96. The summed E-state index contributed by atoms with van der Waals surface area (Å²) in [4.78, 5) is 19.1. The van der Waals surface area contributed by atoms with Crippen LogP contribution in [-0.2, 0) is 6.54 Å². The molecule has 2 heterocycles. The fourth-order valence-corrected chi connectivity index (χ4v) is 2.03. The Balaban J connectivity index is 2.06. The molecular formula is C14H14N4O2. The van der Waals surface area contributed by atoms with Gasteiger partial charge in [-0.15, -0.1) is 5.11 Å². The van der Waals surface area contributed by atoms with E-state index in [-0.39, 0.29) is 5.56 Å². The highest BCUT2D eigenvalue weighted by Gasteiger charge is 2.17. The number of nitrogens with one attached hydrogen (secondary N) is 1. The highest BCUT2D eigenvalue weighted by molar-refractivity contribution is 5.65. The van der Waals surface area contributed by atoms with Crippen molar-refractivity contribution in [3.05, 3.63) is 40.3 Å². The van der Waals surface area contributed by atoms with Gasteiger partial charge in [0.15, 0.2) is 5.69 Å². The van der Waals surface area contributed by atoms with Crippen LogP contribution in [0, 0.1) is 0 Å². The second-order valence-corrected chi connectivity index (χ2v) is 4.45. The number of hydrogen-bond acceptors (Lipinski definition) is 5. The standard InChI is InChI=1S/C14H14N4O2/c1-2-7-20-11-6-4-3-5-9(11)13-16-10-8-15-18-12(10)14(19)17-13/h3-6H,2,7-8H2,1H3,(H,16,17,19). The van der Waals surface area contributed by atoms with Gasteiger partial charge in [0.2, 0.25) is 0 Å². The van der Waals surface area contributed by atoms with Crippen molar-refractivity contribution in [3.8, 4) is 17.1 Å². The fraction of sp³-hybridized carbons (Fsp3) is 0.286. The predicted octanol–water partition coefficient (Wildman–Crippen LogP) is 2.82. The van der Waals surface area contributed by atoms with Crippen LogP contribution in [0.25, 0.3) is 11.4 Å². The minimum Gasteiger partial charge on any atom is -0.493 e. The first-order chi connectivity index (χ1) is 9.79. The normalized spacial score (nSPS) is 12.4. The van der Waals surface area contributed by atoms with Crippen LogP contribution in [0.3, 0.4) is 0 Å². The number of azo groups is 1. The number of aromatic nitrogens is 2. The quantitative estimate of drug-likeness (QED) is 0.927. The zero-order valence-electron chi connectivity index (χ0n) is 11.1. The van der Waals surface area contributed by atoms with Crippen molar-refractivity contribution in [1.82, 2.24) is 9.97 Å². The molecule has 0 aliphatic carbocycles. The van der Waals surface area contributed by atoms with Crippen molar-refractivity contribution in [2.45, 2.75) is 19.9 Å². The number of aromatic amines is 1. The molecule has 0 amide bonds. The van der Waals surface area contributed by atoms with Crippen molar-refractivity contribution in [2.24, 2.45) is 10.2 Å². The average Bonchev–Trinajstić information content (AvgIpc) is 2.94. The van der Waals surface area contributed by atoms with Gasteiger partial charge in [-0.25, -0.2) is 4.98 Å². The van der Waals surface area contributed by atoms with Gasteiger partial charge in [-0.1, -0.05) is 19.1 Å². The maximum absolute atomic E-state index is 11.9. The first-order valence-electron chi connectivity index (χ1n) is 6.52. The topological polar surface area (TPSA) is 79.7 Å². The second kappa shape index (κ2) is 5.24. The number of rotatable bonds is 4. The van der Waals surface area contributed by atoms with Crippen LogP contribution in [0.2, 0.25) is 0 Å².